The second-order valence-electron chi connectivity index (χ2n) is 5.15. The summed E-state index contributed by atoms with van der Waals surface area (Å²) in [7, 11) is 0. The first-order chi connectivity index (χ1) is 9.58. The van der Waals surface area contributed by atoms with Crippen LogP contribution in [0.3, 0.4) is 0 Å². The zero-order valence-corrected chi connectivity index (χ0v) is 12.9. The molecule has 0 saturated carbocycles. The first-order valence-electron chi connectivity index (χ1n) is 7.38. The topological polar surface area (TPSA) is 58.4 Å². The Balaban J connectivity index is 2.42. The zero-order valence-electron chi connectivity index (χ0n) is 12.9. The lowest BCUT2D eigenvalue weighted by Crippen LogP contribution is -2.42. The number of carbonyl (C=O) groups excluding carboxylic acids is 1. The van der Waals surface area contributed by atoms with Crippen molar-refractivity contribution in [2.75, 3.05) is 19.6 Å². The van der Waals surface area contributed by atoms with E-state index in [1.807, 2.05) is 31.2 Å². The Morgan fingerprint density at radius 2 is 1.75 bits per heavy atom. The van der Waals surface area contributed by atoms with Crippen molar-refractivity contribution in [3.63, 3.8) is 0 Å². The Labute approximate surface area is 122 Å². The van der Waals surface area contributed by atoms with E-state index in [0.29, 0.717) is 13.0 Å². The van der Waals surface area contributed by atoms with Gasteiger partial charge in [-0.1, -0.05) is 38.1 Å². The van der Waals surface area contributed by atoms with Crippen LogP contribution in [-0.2, 0) is 17.8 Å². The first kappa shape index (κ1) is 16.7. The number of carbonyl (C=O) groups is 1. The van der Waals surface area contributed by atoms with Crippen LogP contribution in [0.2, 0.25) is 0 Å². The van der Waals surface area contributed by atoms with Crippen LogP contribution in [0.5, 0.6) is 0 Å². The van der Waals surface area contributed by atoms with Crippen LogP contribution in [-0.4, -0.2) is 36.5 Å². The molecule has 4 nitrogen and oxygen atoms in total. The number of benzene rings is 1. The van der Waals surface area contributed by atoms with Gasteiger partial charge in [-0.05, 0) is 31.1 Å². The molecule has 0 saturated heterocycles. The van der Waals surface area contributed by atoms with Gasteiger partial charge in [-0.3, -0.25) is 4.79 Å². The molecule has 0 aromatic heterocycles. The van der Waals surface area contributed by atoms with Crippen molar-refractivity contribution in [2.24, 2.45) is 5.73 Å². The van der Waals surface area contributed by atoms with Gasteiger partial charge in [0.05, 0.1) is 6.42 Å². The summed E-state index contributed by atoms with van der Waals surface area (Å²) < 4.78 is 0. The van der Waals surface area contributed by atoms with Gasteiger partial charge in [0.1, 0.15) is 0 Å². The second-order valence-corrected chi connectivity index (χ2v) is 5.15. The monoisotopic (exact) mass is 277 g/mol. The van der Waals surface area contributed by atoms with Gasteiger partial charge in [-0.15, -0.1) is 0 Å². The maximum Gasteiger partial charge on any atom is 0.224 e. The highest BCUT2D eigenvalue weighted by molar-refractivity contribution is 5.78. The molecule has 0 bridgehead atoms. The number of nitrogens with zero attached hydrogens (tertiary/aromatic N) is 1. The van der Waals surface area contributed by atoms with Crippen molar-refractivity contribution in [3.05, 3.63) is 35.4 Å². The molecule has 1 rings (SSSR count). The van der Waals surface area contributed by atoms with Crippen LogP contribution in [0.1, 0.15) is 31.9 Å². The lowest BCUT2D eigenvalue weighted by Gasteiger charge is -2.23. The number of likely N-dealkylation sites (N-methyl/N-ethyl adjacent to an activating group) is 1. The van der Waals surface area contributed by atoms with Crippen LogP contribution >= 0.6 is 0 Å². The molecular formula is C16H27N3O. The van der Waals surface area contributed by atoms with Crippen molar-refractivity contribution in [2.45, 2.75) is 39.8 Å². The second kappa shape index (κ2) is 8.72. The highest BCUT2D eigenvalue weighted by Crippen LogP contribution is 2.04. The summed E-state index contributed by atoms with van der Waals surface area (Å²) in [6, 6.07) is 8.06. The van der Waals surface area contributed by atoms with Gasteiger partial charge in [-0.25, -0.2) is 0 Å². The standard InChI is InChI=1S/C16H27N3O/c1-4-19(5-2)12-13(3)18-16(20)10-14-6-8-15(11-17)9-7-14/h6-9,13H,4-5,10-12,17H2,1-3H3,(H,18,20). The maximum atomic E-state index is 12.0. The quantitative estimate of drug-likeness (QED) is 0.757. The van der Waals surface area contributed by atoms with E-state index in [9.17, 15) is 4.79 Å². The average molecular weight is 277 g/mol. The molecule has 0 aliphatic rings. The highest BCUT2D eigenvalue weighted by atomic mass is 16.1. The van der Waals surface area contributed by atoms with Gasteiger partial charge in [0.25, 0.3) is 0 Å². The van der Waals surface area contributed by atoms with Crippen molar-refractivity contribution < 1.29 is 4.79 Å². The van der Waals surface area contributed by atoms with Crippen LogP contribution in [0.4, 0.5) is 0 Å². The summed E-state index contributed by atoms with van der Waals surface area (Å²) in [4.78, 5) is 14.3. The van der Waals surface area contributed by atoms with E-state index in [0.717, 1.165) is 30.8 Å². The van der Waals surface area contributed by atoms with E-state index in [1.54, 1.807) is 0 Å². The molecule has 112 valence electrons. The molecule has 3 N–H and O–H groups in total. The smallest absolute Gasteiger partial charge is 0.224 e. The number of hydrogen-bond donors (Lipinski definition) is 2. The molecule has 1 aromatic carbocycles. The minimum absolute atomic E-state index is 0.0742. The average Bonchev–Trinajstić information content (AvgIpc) is 2.45. The molecule has 1 atom stereocenters. The van der Waals surface area contributed by atoms with Crippen LogP contribution in [0.15, 0.2) is 24.3 Å². The molecule has 0 heterocycles. The molecular weight excluding hydrogens is 250 g/mol. The lowest BCUT2D eigenvalue weighted by molar-refractivity contribution is -0.121. The zero-order chi connectivity index (χ0) is 15.0. The SMILES string of the molecule is CCN(CC)CC(C)NC(=O)Cc1ccc(CN)cc1. The fourth-order valence-corrected chi connectivity index (χ4v) is 2.22. The lowest BCUT2D eigenvalue weighted by atomic mass is 10.1. The van der Waals surface area contributed by atoms with Gasteiger partial charge in [0, 0.05) is 19.1 Å². The molecule has 0 fully saturated rings. The third kappa shape index (κ3) is 5.72. The van der Waals surface area contributed by atoms with Crippen LogP contribution in [0.25, 0.3) is 0 Å². The van der Waals surface area contributed by atoms with Crippen LogP contribution < -0.4 is 11.1 Å². The Bertz CT molecular complexity index is 399. The van der Waals surface area contributed by atoms with Crippen molar-refractivity contribution in [3.8, 4) is 0 Å². The normalized spacial score (nSPS) is 12.4. The van der Waals surface area contributed by atoms with Crippen LogP contribution in [0, 0.1) is 0 Å². The first-order valence-corrected chi connectivity index (χ1v) is 7.38. The minimum Gasteiger partial charge on any atom is -0.352 e. The molecule has 0 aliphatic carbocycles. The third-order valence-corrected chi connectivity index (χ3v) is 3.46. The summed E-state index contributed by atoms with van der Waals surface area (Å²) in [6.45, 7) is 9.77. The summed E-state index contributed by atoms with van der Waals surface area (Å²) in [5.74, 6) is 0.0742. The van der Waals surface area contributed by atoms with Crippen molar-refractivity contribution in [1.29, 1.82) is 0 Å². The number of rotatable bonds is 8. The summed E-state index contributed by atoms with van der Waals surface area (Å²) in [5.41, 5.74) is 7.67. The van der Waals surface area contributed by atoms with Crippen molar-refractivity contribution >= 4 is 5.91 Å². The van der Waals surface area contributed by atoms with E-state index < -0.39 is 0 Å². The predicted molar refractivity (Wildman–Crippen MR) is 83.4 cm³/mol. The highest BCUT2D eigenvalue weighted by Gasteiger charge is 2.10. The predicted octanol–water partition coefficient (Wildman–Crippen LogP) is 1.53. The molecule has 1 aromatic rings. The molecule has 1 amide bonds. The van der Waals surface area contributed by atoms with E-state index in [2.05, 4.69) is 24.1 Å². The van der Waals surface area contributed by atoms with Crippen molar-refractivity contribution in [1.82, 2.24) is 10.2 Å². The summed E-state index contributed by atoms with van der Waals surface area (Å²) in [6.07, 6.45) is 0.424. The fourth-order valence-electron chi connectivity index (χ4n) is 2.22. The van der Waals surface area contributed by atoms with E-state index in [1.165, 1.54) is 0 Å². The van der Waals surface area contributed by atoms with Gasteiger partial charge in [0.2, 0.25) is 5.91 Å². The Morgan fingerprint density at radius 1 is 1.20 bits per heavy atom. The largest absolute Gasteiger partial charge is 0.352 e. The maximum absolute atomic E-state index is 12.0. The number of amides is 1. The third-order valence-electron chi connectivity index (χ3n) is 3.46. The molecule has 4 heteroatoms. The molecule has 0 spiro atoms. The Hall–Kier alpha value is -1.39. The van der Waals surface area contributed by atoms with Gasteiger partial charge < -0.3 is 16.0 Å². The van der Waals surface area contributed by atoms with Gasteiger partial charge in [0.15, 0.2) is 0 Å². The molecule has 0 aliphatic heterocycles. The number of nitrogens with one attached hydrogen (secondary N) is 1. The summed E-state index contributed by atoms with van der Waals surface area (Å²) >= 11 is 0. The van der Waals surface area contributed by atoms with E-state index in [-0.39, 0.29) is 11.9 Å². The van der Waals surface area contributed by atoms with Gasteiger partial charge in [-0.2, -0.15) is 0 Å². The Kier molecular flexibility index (Phi) is 7.26. The minimum atomic E-state index is 0.0742. The fraction of sp³-hybridized carbons (Fsp3) is 0.562. The summed E-state index contributed by atoms with van der Waals surface area (Å²) in [5, 5.41) is 3.05. The molecule has 20 heavy (non-hydrogen) atoms. The number of hydrogen-bond acceptors (Lipinski definition) is 3. The number of nitrogens with two attached hydrogens (primary N) is 1. The molecule has 1 unspecified atom stereocenters. The van der Waals surface area contributed by atoms with Gasteiger partial charge >= 0.3 is 0 Å². The van der Waals surface area contributed by atoms with E-state index >= 15 is 0 Å². The molecule has 0 radical (unpaired) electrons. The Morgan fingerprint density at radius 3 is 2.25 bits per heavy atom. The van der Waals surface area contributed by atoms with E-state index in [4.69, 9.17) is 5.73 Å².